The predicted molar refractivity (Wildman–Crippen MR) is 65.7 cm³/mol. The molecule has 3 heteroatoms. The van der Waals surface area contributed by atoms with E-state index in [1.165, 1.54) is 0 Å². The molecule has 0 atom stereocenters. The maximum Gasteiger partial charge on any atom is 0.254 e. The van der Waals surface area contributed by atoms with E-state index in [0.717, 1.165) is 11.5 Å². The van der Waals surface area contributed by atoms with Crippen LogP contribution in [0, 0.1) is 6.92 Å². The highest BCUT2D eigenvalue weighted by molar-refractivity contribution is 5.93. The van der Waals surface area contributed by atoms with Crippen LogP contribution in [0.25, 0.3) is 0 Å². The van der Waals surface area contributed by atoms with Crippen LogP contribution in [0.15, 0.2) is 46.9 Å². The van der Waals surface area contributed by atoms with Crippen LogP contribution in [0.3, 0.4) is 0 Å². The lowest BCUT2D eigenvalue weighted by Crippen LogP contribution is -2.25. The molecule has 0 bridgehead atoms. The van der Waals surface area contributed by atoms with E-state index in [2.05, 4.69) is 0 Å². The minimum atomic E-state index is -0.000321. The Labute approximate surface area is 101 Å². The van der Waals surface area contributed by atoms with Crippen LogP contribution >= 0.6 is 0 Å². The lowest BCUT2D eigenvalue weighted by atomic mass is 10.2. The van der Waals surface area contributed by atoms with E-state index in [-0.39, 0.29) is 5.91 Å². The van der Waals surface area contributed by atoms with Gasteiger partial charge in [0.25, 0.3) is 5.91 Å². The summed E-state index contributed by atoms with van der Waals surface area (Å²) in [6.45, 7) is 2.38. The second kappa shape index (κ2) is 4.87. The molecule has 0 aliphatic carbocycles. The van der Waals surface area contributed by atoms with E-state index in [1.54, 1.807) is 11.9 Å². The number of rotatable bonds is 3. The van der Waals surface area contributed by atoms with Crippen LogP contribution in [0.5, 0.6) is 0 Å². The Morgan fingerprint density at radius 3 is 2.47 bits per heavy atom. The SMILES string of the molecule is Cc1ccc(CN(C)C(=O)c2ccccc2)o1. The molecule has 0 aliphatic rings. The van der Waals surface area contributed by atoms with Crippen molar-refractivity contribution >= 4 is 5.91 Å². The summed E-state index contributed by atoms with van der Waals surface area (Å²) in [5, 5.41) is 0. The van der Waals surface area contributed by atoms with Crippen LogP contribution in [0.1, 0.15) is 21.9 Å². The van der Waals surface area contributed by atoms with E-state index in [1.807, 2.05) is 49.4 Å². The summed E-state index contributed by atoms with van der Waals surface area (Å²) in [5.74, 6) is 1.66. The van der Waals surface area contributed by atoms with Crippen LogP contribution in [0.4, 0.5) is 0 Å². The van der Waals surface area contributed by atoms with E-state index in [9.17, 15) is 4.79 Å². The largest absolute Gasteiger partial charge is 0.464 e. The fourth-order valence-electron chi connectivity index (χ4n) is 1.68. The van der Waals surface area contributed by atoms with Gasteiger partial charge in [0.1, 0.15) is 11.5 Å². The molecule has 17 heavy (non-hydrogen) atoms. The fraction of sp³-hybridized carbons (Fsp3) is 0.214. The summed E-state index contributed by atoms with van der Waals surface area (Å²) in [6.07, 6.45) is 0. The van der Waals surface area contributed by atoms with Crippen molar-refractivity contribution < 1.29 is 9.21 Å². The molecule has 1 heterocycles. The Hall–Kier alpha value is -2.03. The van der Waals surface area contributed by atoms with Gasteiger partial charge in [-0.15, -0.1) is 0 Å². The van der Waals surface area contributed by atoms with Crippen molar-refractivity contribution in [3.8, 4) is 0 Å². The molecule has 3 nitrogen and oxygen atoms in total. The van der Waals surface area contributed by atoms with E-state index >= 15 is 0 Å². The first-order valence-electron chi connectivity index (χ1n) is 5.52. The van der Waals surface area contributed by atoms with Gasteiger partial charge in [-0.1, -0.05) is 18.2 Å². The molecule has 0 aliphatic heterocycles. The van der Waals surface area contributed by atoms with Crippen molar-refractivity contribution in [2.24, 2.45) is 0 Å². The van der Waals surface area contributed by atoms with Gasteiger partial charge in [-0.3, -0.25) is 4.79 Å². The van der Waals surface area contributed by atoms with Gasteiger partial charge in [0.2, 0.25) is 0 Å². The molecule has 88 valence electrons. The van der Waals surface area contributed by atoms with Gasteiger partial charge in [-0.25, -0.2) is 0 Å². The Bertz CT molecular complexity index is 502. The van der Waals surface area contributed by atoms with E-state index in [4.69, 9.17) is 4.42 Å². The van der Waals surface area contributed by atoms with Crippen LogP contribution in [-0.2, 0) is 6.54 Å². The first-order valence-corrected chi connectivity index (χ1v) is 5.52. The maximum atomic E-state index is 12.0. The summed E-state index contributed by atoms with van der Waals surface area (Å²) in [7, 11) is 1.77. The molecule has 2 rings (SSSR count). The maximum absolute atomic E-state index is 12.0. The van der Waals surface area contributed by atoms with Crippen molar-refractivity contribution in [1.29, 1.82) is 0 Å². The van der Waals surface area contributed by atoms with Gasteiger partial charge in [0.15, 0.2) is 0 Å². The smallest absolute Gasteiger partial charge is 0.254 e. The van der Waals surface area contributed by atoms with E-state index in [0.29, 0.717) is 12.1 Å². The molecule has 1 aromatic heterocycles. The third-order valence-electron chi connectivity index (χ3n) is 2.56. The molecule has 0 unspecified atom stereocenters. The Morgan fingerprint density at radius 1 is 1.18 bits per heavy atom. The zero-order valence-corrected chi connectivity index (χ0v) is 10.0. The topological polar surface area (TPSA) is 33.5 Å². The fourth-order valence-corrected chi connectivity index (χ4v) is 1.68. The van der Waals surface area contributed by atoms with Gasteiger partial charge in [0.05, 0.1) is 6.54 Å². The Kier molecular flexibility index (Phi) is 3.28. The standard InChI is InChI=1S/C14H15NO2/c1-11-8-9-13(17-11)10-15(2)14(16)12-6-4-3-5-7-12/h3-9H,10H2,1-2H3. The zero-order chi connectivity index (χ0) is 12.3. The average molecular weight is 229 g/mol. The summed E-state index contributed by atoms with van der Waals surface area (Å²) in [4.78, 5) is 13.7. The minimum Gasteiger partial charge on any atom is -0.464 e. The van der Waals surface area contributed by atoms with Crippen LogP contribution in [-0.4, -0.2) is 17.9 Å². The van der Waals surface area contributed by atoms with Crippen molar-refractivity contribution in [3.05, 3.63) is 59.5 Å². The van der Waals surface area contributed by atoms with Crippen molar-refractivity contribution in [1.82, 2.24) is 4.90 Å². The zero-order valence-electron chi connectivity index (χ0n) is 10.0. The molecule has 0 N–H and O–H groups in total. The highest BCUT2D eigenvalue weighted by Crippen LogP contribution is 2.11. The number of benzene rings is 1. The molecule has 0 radical (unpaired) electrons. The monoisotopic (exact) mass is 229 g/mol. The average Bonchev–Trinajstić information content (AvgIpc) is 2.75. The highest BCUT2D eigenvalue weighted by atomic mass is 16.3. The number of hydrogen-bond acceptors (Lipinski definition) is 2. The summed E-state index contributed by atoms with van der Waals surface area (Å²) in [6, 6.07) is 13.0. The van der Waals surface area contributed by atoms with Crippen molar-refractivity contribution in [2.45, 2.75) is 13.5 Å². The molecular weight excluding hydrogens is 214 g/mol. The number of nitrogens with zero attached hydrogens (tertiary/aromatic N) is 1. The second-order valence-corrected chi connectivity index (χ2v) is 4.04. The van der Waals surface area contributed by atoms with Gasteiger partial charge < -0.3 is 9.32 Å². The number of furan rings is 1. The first kappa shape index (κ1) is 11.5. The summed E-state index contributed by atoms with van der Waals surface area (Å²) >= 11 is 0. The van der Waals surface area contributed by atoms with Gasteiger partial charge in [-0.2, -0.15) is 0 Å². The third kappa shape index (κ3) is 2.75. The summed E-state index contributed by atoms with van der Waals surface area (Å²) < 4.78 is 5.45. The predicted octanol–water partition coefficient (Wildman–Crippen LogP) is 2.86. The molecular formula is C14H15NO2. The van der Waals surface area contributed by atoms with Gasteiger partial charge in [-0.05, 0) is 31.2 Å². The lowest BCUT2D eigenvalue weighted by molar-refractivity contribution is 0.0775. The van der Waals surface area contributed by atoms with Crippen molar-refractivity contribution in [2.75, 3.05) is 7.05 Å². The summed E-state index contributed by atoms with van der Waals surface area (Å²) in [5.41, 5.74) is 0.693. The first-order chi connectivity index (χ1) is 8.16. The normalized spacial score (nSPS) is 10.2. The molecule has 0 saturated carbocycles. The molecule has 0 fully saturated rings. The molecule has 0 spiro atoms. The van der Waals surface area contributed by atoms with E-state index < -0.39 is 0 Å². The molecule has 2 aromatic rings. The Morgan fingerprint density at radius 2 is 1.88 bits per heavy atom. The van der Waals surface area contributed by atoms with Gasteiger partial charge >= 0.3 is 0 Å². The van der Waals surface area contributed by atoms with Crippen molar-refractivity contribution in [3.63, 3.8) is 0 Å². The molecule has 0 saturated heterocycles. The number of aryl methyl sites for hydroxylation is 1. The third-order valence-corrected chi connectivity index (χ3v) is 2.56. The number of hydrogen-bond donors (Lipinski definition) is 0. The number of amides is 1. The second-order valence-electron chi connectivity index (χ2n) is 4.04. The Balaban J connectivity index is 2.06. The van der Waals surface area contributed by atoms with Gasteiger partial charge in [0, 0.05) is 12.6 Å². The molecule has 1 aromatic carbocycles. The lowest BCUT2D eigenvalue weighted by Gasteiger charge is -2.15. The molecule has 1 amide bonds. The minimum absolute atomic E-state index is 0.000321. The van der Waals surface area contributed by atoms with Crippen LogP contribution < -0.4 is 0 Å². The number of carbonyl (C=O) groups is 1. The quantitative estimate of drug-likeness (QED) is 0.810. The number of carbonyl (C=O) groups excluding carboxylic acids is 1. The highest BCUT2D eigenvalue weighted by Gasteiger charge is 2.12. The van der Waals surface area contributed by atoms with Crippen LogP contribution in [0.2, 0.25) is 0 Å².